The SMILES string of the molecule is F[C](Cl)C(Cl)(Cl)Cl. The van der Waals surface area contributed by atoms with E-state index in [-0.39, 0.29) is 0 Å². The van der Waals surface area contributed by atoms with Crippen LogP contribution in [0.2, 0.25) is 0 Å². The Balaban J connectivity index is 3.54. The van der Waals surface area contributed by atoms with E-state index in [1.807, 2.05) is 0 Å². The van der Waals surface area contributed by atoms with Crippen LogP contribution in [0, 0.1) is 5.63 Å². The van der Waals surface area contributed by atoms with Crippen LogP contribution in [0.15, 0.2) is 0 Å². The van der Waals surface area contributed by atoms with E-state index in [0.29, 0.717) is 0 Å². The fourth-order valence-electron chi connectivity index (χ4n) is 0. The van der Waals surface area contributed by atoms with Crippen molar-refractivity contribution in [1.82, 2.24) is 0 Å². The van der Waals surface area contributed by atoms with E-state index in [9.17, 15) is 4.39 Å². The Morgan fingerprint density at radius 3 is 1.43 bits per heavy atom. The summed E-state index contributed by atoms with van der Waals surface area (Å²) in [6.07, 6.45) is 0. The molecule has 0 spiro atoms. The molecule has 1 radical (unpaired) electrons. The zero-order valence-corrected chi connectivity index (χ0v) is 5.91. The Bertz CT molecular complexity index is 55.2. The van der Waals surface area contributed by atoms with E-state index in [4.69, 9.17) is 34.8 Å². The van der Waals surface area contributed by atoms with Crippen LogP contribution in [0.3, 0.4) is 0 Å². The smallest absolute Gasteiger partial charge is 0.216 e. The van der Waals surface area contributed by atoms with E-state index < -0.39 is 9.42 Å². The second-order valence-corrected chi connectivity index (χ2v) is 3.37. The number of hydrogen-bond acceptors (Lipinski definition) is 0. The normalized spacial score (nSPS) is 12.9. The topological polar surface area (TPSA) is 0 Å². The van der Waals surface area contributed by atoms with Gasteiger partial charge in [-0.25, -0.2) is 4.39 Å². The molecule has 0 N–H and O–H groups in total. The summed E-state index contributed by atoms with van der Waals surface area (Å²) in [5, 5.41) is 0. The number of halogens is 5. The second-order valence-electron chi connectivity index (χ2n) is 0.758. The third-order valence-electron chi connectivity index (χ3n) is 0.214. The highest BCUT2D eigenvalue weighted by molar-refractivity contribution is 6.71. The minimum absolute atomic E-state index is 1.24. The van der Waals surface area contributed by atoms with Gasteiger partial charge >= 0.3 is 0 Å². The van der Waals surface area contributed by atoms with Crippen molar-refractivity contribution in [3.05, 3.63) is 5.63 Å². The molecule has 0 aliphatic rings. The Morgan fingerprint density at radius 2 is 1.43 bits per heavy atom. The second kappa shape index (κ2) is 2.58. The first-order chi connectivity index (χ1) is 2.94. The standard InChI is InChI=1S/C2Cl4F/c3-1(7)2(4,5)6. The van der Waals surface area contributed by atoms with E-state index in [1.54, 1.807) is 0 Å². The van der Waals surface area contributed by atoms with E-state index >= 15 is 0 Å². The van der Waals surface area contributed by atoms with Gasteiger partial charge in [0.15, 0.2) is 0 Å². The van der Waals surface area contributed by atoms with Crippen LogP contribution in [0.4, 0.5) is 4.39 Å². The summed E-state index contributed by atoms with van der Waals surface area (Å²) >= 11 is 19.2. The molecule has 0 heterocycles. The van der Waals surface area contributed by atoms with Gasteiger partial charge in [0.05, 0.1) is 0 Å². The lowest BCUT2D eigenvalue weighted by molar-refractivity contribution is 0.570. The maximum Gasteiger partial charge on any atom is 0.282 e. The van der Waals surface area contributed by atoms with Gasteiger partial charge in [0.1, 0.15) is 0 Å². The summed E-state index contributed by atoms with van der Waals surface area (Å²) < 4.78 is 9.43. The molecule has 0 unspecified atom stereocenters. The predicted molar refractivity (Wildman–Crippen MR) is 30.5 cm³/mol. The third kappa shape index (κ3) is 3.65. The third-order valence-corrected chi connectivity index (χ3v) is 1.29. The molecule has 0 aromatic rings. The van der Waals surface area contributed by atoms with Crippen molar-refractivity contribution in [2.75, 3.05) is 0 Å². The van der Waals surface area contributed by atoms with Gasteiger partial charge in [0, 0.05) is 0 Å². The zero-order valence-electron chi connectivity index (χ0n) is 2.89. The minimum Gasteiger partial charge on any atom is -0.216 e. The summed E-state index contributed by atoms with van der Waals surface area (Å²) in [6.45, 7) is 0. The average Bonchev–Trinajstić information content (AvgIpc) is 1.31. The molecular formula is C2Cl4F. The number of hydrogen-bond donors (Lipinski definition) is 0. The Kier molecular flexibility index (Phi) is 2.99. The predicted octanol–water partition coefficient (Wildman–Crippen LogP) is 3.05. The van der Waals surface area contributed by atoms with Crippen molar-refractivity contribution >= 4 is 46.4 Å². The molecule has 0 aromatic heterocycles. The number of alkyl halides is 3. The molecule has 0 atom stereocenters. The van der Waals surface area contributed by atoms with Crippen LogP contribution in [0.5, 0.6) is 0 Å². The van der Waals surface area contributed by atoms with Crippen molar-refractivity contribution in [2.45, 2.75) is 3.79 Å². The molecular weight excluding hydrogens is 185 g/mol. The van der Waals surface area contributed by atoms with Crippen LogP contribution >= 0.6 is 46.4 Å². The molecule has 7 heavy (non-hydrogen) atoms. The highest BCUT2D eigenvalue weighted by Crippen LogP contribution is 2.39. The van der Waals surface area contributed by atoms with E-state index in [1.165, 1.54) is 0 Å². The van der Waals surface area contributed by atoms with Crippen LogP contribution < -0.4 is 0 Å². The quantitative estimate of drug-likeness (QED) is 0.508. The molecule has 0 aliphatic heterocycles. The Morgan fingerprint density at radius 1 is 1.29 bits per heavy atom. The van der Waals surface area contributed by atoms with Gasteiger partial charge in [0.25, 0.3) is 5.63 Å². The first-order valence-corrected chi connectivity index (χ1v) is 2.71. The van der Waals surface area contributed by atoms with Crippen molar-refractivity contribution < 1.29 is 4.39 Å². The van der Waals surface area contributed by atoms with Gasteiger partial charge in [-0.2, -0.15) is 0 Å². The summed E-state index contributed by atoms with van der Waals surface area (Å²) in [7, 11) is 0. The Hall–Kier alpha value is 1.09. The molecule has 0 saturated carbocycles. The lowest BCUT2D eigenvalue weighted by atomic mass is 10.9. The molecule has 0 amide bonds. The molecule has 0 nitrogen and oxygen atoms in total. The highest BCUT2D eigenvalue weighted by atomic mass is 35.6. The molecule has 0 saturated heterocycles. The summed E-state index contributed by atoms with van der Waals surface area (Å²) in [6, 6.07) is 0. The Labute approximate surface area is 60.5 Å². The van der Waals surface area contributed by atoms with E-state index in [0.717, 1.165) is 0 Å². The zero-order chi connectivity index (χ0) is 6.08. The lowest BCUT2D eigenvalue weighted by Gasteiger charge is -2.05. The molecule has 0 rings (SSSR count). The largest absolute Gasteiger partial charge is 0.282 e. The van der Waals surface area contributed by atoms with Gasteiger partial charge in [-0.05, 0) is 0 Å². The van der Waals surface area contributed by atoms with Gasteiger partial charge in [0.2, 0.25) is 3.79 Å². The fourth-order valence-corrected chi connectivity index (χ4v) is 0. The van der Waals surface area contributed by atoms with E-state index in [2.05, 4.69) is 11.6 Å². The van der Waals surface area contributed by atoms with Crippen molar-refractivity contribution in [3.8, 4) is 0 Å². The van der Waals surface area contributed by atoms with Gasteiger partial charge in [-0.15, -0.1) is 0 Å². The van der Waals surface area contributed by atoms with Crippen molar-refractivity contribution in [3.63, 3.8) is 0 Å². The molecule has 0 bridgehead atoms. The van der Waals surface area contributed by atoms with Crippen LogP contribution in [-0.4, -0.2) is 3.79 Å². The van der Waals surface area contributed by atoms with Crippen molar-refractivity contribution in [1.29, 1.82) is 0 Å². The fraction of sp³-hybridized carbons (Fsp3) is 0.500. The molecule has 0 aromatic carbocycles. The monoisotopic (exact) mass is 183 g/mol. The molecule has 0 fully saturated rings. The lowest BCUT2D eigenvalue weighted by Crippen LogP contribution is -2.04. The molecule has 43 valence electrons. The summed E-state index contributed by atoms with van der Waals surface area (Å²) in [5.74, 6) is 0. The molecule has 0 aliphatic carbocycles. The highest BCUT2D eigenvalue weighted by Gasteiger charge is 2.32. The van der Waals surface area contributed by atoms with Crippen LogP contribution in [-0.2, 0) is 0 Å². The van der Waals surface area contributed by atoms with Crippen LogP contribution in [0.1, 0.15) is 0 Å². The van der Waals surface area contributed by atoms with Gasteiger partial charge in [-0.1, -0.05) is 46.4 Å². The van der Waals surface area contributed by atoms with Gasteiger partial charge < -0.3 is 0 Å². The molecule has 5 heteroatoms. The summed E-state index contributed by atoms with van der Waals surface area (Å²) in [4.78, 5) is 0. The van der Waals surface area contributed by atoms with Crippen LogP contribution in [0.25, 0.3) is 0 Å². The minimum atomic E-state index is -2.07. The maximum absolute atomic E-state index is 11.5. The first kappa shape index (κ1) is 8.09. The maximum atomic E-state index is 11.5. The average molecular weight is 185 g/mol. The van der Waals surface area contributed by atoms with Gasteiger partial charge in [-0.3, -0.25) is 0 Å². The van der Waals surface area contributed by atoms with Crippen molar-refractivity contribution in [2.24, 2.45) is 0 Å². The summed E-state index contributed by atoms with van der Waals surface area (Å²) in [5.41, 5.74) is -1.24. The number of rotatable bonds is 0. The first-order valence-electron chi connectivity index (χ1n) is 1.19.